The van der Waals surface area contributed by atoms with Gasteiger partial charge in [0.25, 0.3) is 0 Å². The van der Waals surface area contributed by atoms with Crippen LogP contribution in [0.15, 0.2) is 78.9 Å². The van der Waals surface area contributed by atoms with E-state index in [1.54, 1.807) is 36.4 Å². The third kappa shape index (κ3) is 5.03. The minimum atomic E-state index is 0.101. The molecule has 0 aliphatic carbocycles. The quantitative estimate of drug-likeness (QED) is 0.234. The predicted molar refractivity (Wildman–Crippen MR) is 131 cm³/mol. The summed E-state index contributed by atoms with van der Waals surface area (Å²) >= 11 is 32.0. The molecule has 0 radical (unpaired) electrons. The van der Waals surface area contributed by atoms with Crippen molar-refractivity contribution < 1.29 is 14.2 Å². The van der Waals surface area contributed by atoms with Crippen molar-refractivity contribution in [3.63, 3.8) is 0 Å². The number of hydrogen-bond donors (Lipinski definition) is 0. The number of halogens is 5. The lowest BCUT2D eigenvalue weighted by Crippen LogP contribution is -1.93. The number of rotatable bonds is 6. The summed E-state index contributed by atoms with van der Waals surface area (Å²) < 4.78 is 17.4. The lowest BCUT2D eigenvalue weighted by molar-refractivity contribution is 0.465. The van der Waals surface area contributed by atoms with Gasteiger partial charge in [-0.25, -0.2) is 0 Å². The highest BCUT2D eigenvalue weighted by atomic mass is 35.5. The maximum Gasteiger partial charge on any atom is 0.166 e. The first-order valence-corrected chi connectivity index (χ1v) is 11.1. The third-order valence-electron chi connectivity index (χ3n) is 4.25. The van der Waals surface area contributed by atoms with Crippen LogP contribution in [0.1, 0.15) is 0 Å². The van der Waals surface area contributed by atoms with Crippen molar-refractivity contribution in [1.29, 1.82) is 0 Å². The summed E-state index contributed by atoms with van der Waals surface area (Å²) in [4.78, 5) is 0. The normalized spacial score (nSPS) is 10.7. The van der Waals surface area contributed by atoms with E-state index in [-0.39, 0.29) is 42.4 Å². The van der Waals surface area contributed by atoms with Crippen molar-refractivity contribution >= 4 is 58.0 Å². The van der Waals surface area contributed by atoms with Gasteiger partial charge in [-0.2, -0.15) is 0 Å². The Balaban J connectivity index is 1.61. The van der Waals surface area contributed by atoms with Gasteiger partial charge in [-0.05, 0) is 36.4 Å². The van der Waals surface area contributed by atoms with E-state index in [9.17, 15) is 0 Å². The molecule has 0 bridgehead atoms. The largest absolute Gasteiger partial charge is 0.456 e. The second-order valence-corrected chi connectivity index (χ2v) is 8.35. The average molecular weight is 527 g/mol. The minimum absolute atomic E-state index is 0.101. The molecule has 0 aliphatic rings. The molecule has 0 heterocycles. The molecule has 162 valence electrons. The highest BCUT2D eigenvalue weighted by Gasteiger charge is 2.20. The monoisotopic (exact) mass is 524 g/mol. The number of benzene rings is 4. The van der Waals surface area contributed by atoms with Crippen LogP contribution >= 0.6 is 58.0 Å². The van der Waals surface area contributed by atoms with E-state index in [2.05, 4.69) is 0 Å². The van der Waals surface area contributed by atoms with Gasteiger partial charge in [0.15, 0.2) is 5.75 Å². The van der Waals surface area contributed by atoms with E-state index in [0.717, 1.165) is 0 Å². The summed E-state index contributed by atoms with van der Waals surface area (Å²) in [6.07, 6.45) is 0. The molecular weight excluding hydrogens is 514 g/mol. The summed E-state index contributed by atoms with van der Waals surface area (Å²) in [5, 5.41) is 0.756. The van der Waals surface area contributed by atoms with Crippen molar-refractivity contribution in [2.45, 2.75) is 0 Å². The third-order valence-corrected chi connectivity index (χ3v) is 6.21. The van der Waals surface area contributed by atoms with Gasteiger partial charge in [0.2, 0.25) is 0 Å². The van der Waals surface area contributed by atoms with E-state index in [1.165, 1.54) is 6.07 Å². The molecule has 4 aromatic rings. The Kier molecular flexibility index (Phi) is 7.24. The fourth-order valence-corrected chi connectivity index (χ4v) is 3.82. The second-order valence-electron chi connectivity index (χ2n) is 6.44. The van der Waals surface area contributed by atoms with Gasteiger partial charge < -0.3 is 14.2 Å². The maximum atomic E-state index is 6.42. The van der Waals surface area contributed by atoms with Crippen molar-refractivity contribution in [1.82, 2.24) is 0 Å². The zero-order valence-electron chi connectivity index (χ0n) is 16.1. The fourth-order valence-electron chi connectivity index (χ4n) is 2.74. The van der Waals surface area contributed by atoms with Crippen molar-refractivity contribution in [2.75, 3.05) is 0 Å². The van der Waals surface area contributed by atoms with Gasteiger partial charge in [-0.15, -0.1) is 0 Å². The lowest BCUT2D eigenvalue weighted by atomic mass is 10.3. The summed E-state index contributed by atoms with van der Waals surface area (Å²) in [5.74, 6) is 2.22. The Hall–Kier alpha value is -2.27. The topological polar surface area (TPSA) is 27.7 Å². The molecule has 0 amide bonds. The second kappa shape index (κ2) is 10.1. The van der Waals surface area contributed by atoms with E-state index < -0.39 is 0 Å². The molecule has 0 aromatic heterocycles. The molecule has 0 unspecified atom stereocenters. The number of hydrogen-bond acceptors (Lipinski definition) is 3. The van der Waals surface area contributed by atoms with Crippen molar-refractivity contribution in [3.05, 3.63) is 104 Å². The molecule has 0 atom stereocenters. The number of ether oxygens (including phenoxy) is 3. The van der Waals surface area contributed by atoms with Gasteiger partial charge in [-0.3, -0.25) is 0 Å². The van der Waals surface area contributed by atoms with Gasteiger partial charge in [-0.1, -0.05) is 94.4 Å². The highest BCUT2D eigenvalue weighted by Crippen LogP contribution is 2.48. The SMILES string of the molecule is Clc1cc(Oc2ccc(Oc3ccccc3)c(Cl)c2Cl)c(Cl)c(Cl)c1Oc1ccccc1. The zero-order valence-corrected chi connectivity index (χ0v) is 19.9. The van der Waals surface area contributed by atoms with E-state index in [0.29, 0.717) is 17.2 Å². The van der Waals surface area contributed by atoms with Crippen LogP contribution in [-0.2, 0) is 0 Å². The van der Waals surface area contributed by atoms with Crippen LogP contribution < -0.4 is 14.2 Å². The molecule has 0 spiro atoms. The Bertz CT molecular complexity index is 1250. The first-order chi connectivity index (χ1) is 15.4. The smallest absolute Gasteiger partial charge is 0.166 e. The molecular formula is C24H13Cl5O3. The highest BCUT2D eigenvalue weighted by molar-refractivity contribution is 6.46. The van der Waals surface area contributed by atoms with Gasteiger partial charge >= 0.3 is 0 Å². The molecule has 4 aromatic carbocycles. The van der Waals surface area contributed by atoms with Crippen LogP contribution in [0, 0.1) is 0 Å². The molecule has 0 aliphatic heterocycles. The van der Waals surface area contributed by atoms with Crippen LogP contribution in [0.25, 0.3) is 0 Å². The zero-order chi connectivity index (χ0) is 22.7. The molecule has 8 heteroatoms. The van der Waals surface area contributed by atoms with Gasteiger partial charge in [0.05, 0.1) is 5.02 Å². The Morgan fingerprint density at radius 3 is 1.47 bits per heavy atom. The van der Waals surface area contributed by atoms with Crippen LogP contribution in [-0.4, -0.2) is 0 Å². The first-order valence-electron chi connectivity index (χ1n) is 9.23. The molecule has 0 saturated carbocycles. The molecule has 4 rings (SSSR count). The first kappa shape index (κ1) is 22.9. The Labute approximate surface area is 209 Å². The average Bonchev–Trinajstić information content (AvgIpc) is 2.81. The van der Waals surface area contributed by atoms with E-state index in [4.69, 9.17) is 72.2 Å². The van der Waals surface area contributed by atoms with E-state index in [1.807, 2.05) is 36.4 Å². The predicted octanol–water partition coefficient (Wildman–Crippen LogP) is 10.3. The lowest BCUT2D eigenvalue weighted by Gasteiger charge is -2.16. The molecule has 0 N–H and O–H groups in total. The van der Waals surface area contributed by atoms with Gasteiger partial charge in [0, 0.05) is 6.07 Å². The Morgan fingerprint density at radius 2 is 0.906 bits per heavy atom. The van der Waals surface area contributed by atoms with Crippen LogP contribution in [0.3, 0.4) is 0 Å². The minimum Gasteiger partial charge on any atom is -0.456 e. The van der Waals surface area contributed by atoms with Gasteiger partial charge in [0.1, 0.15) is 48.8 Å². The summed E-state index contributed by atoms with van der Waals surface area (Å²) in [7, 11) is 0. The van der Waals surface area contributed by atoms with E-state index >= 15 is 0 Å². The number of para-hydroxylation sites is 2. The van der Waals surface area contributed by atoms with Crippen LogP contribution in [0.2, 0.25) is 25.1 Å². The van der Waals surface area contributed by atoms with Crippen LogP contribution in [0.4, 0.5) is 0 Å². The molecule has 32 heavy (non-hydrogen) atoms. The maximum absolute atomic E-state index is 6.42. The Morgan fingerprint density at radius 1 is 0.438 bits per heavy atom. The molecule has 3 nitrogen and oxygen atoms in total. The van der Waals surface area contributed by atoms with Crippen LogP contribution in [0.5, 0.6) is 34.5 Å². The fraction of sp³-hybridized carbons (Fsp3) is 0. The summed E-state index contributed by atoms with van der Waals surface area (Å²) in [5.41, 5.74) is 0. The molecule has 0 fully saturated rings. The standard InChI is InChI=1S/C24H13Cl5O3/c25-16-13-19(22(28)23(29)24(16)31-15-9-5-2-6-10-15)32-18-12-11-17(20(26)21(18)27)30-14-7-3-1-4-8-14/h1-13H. The summed E-state index contributed by atoms with van der Waals surface area (Å²) in [6, 6.07) is 23.0. The van der Waals surface area contributed by atoms with Crippen molar-refractivity contribution in [3.8, 4) is 34.5 Å². The summed E-state index contributed by atoms with van der Waals surface area (Å²) in [6.45, 7) is 0. The van der Waals surface area contributed by atoms with Crippen molar-refractivity contribution in [2.24, 2.45) is 0 Å². The molecule has 0 saturated heterocycles.